The molecule has 0 saturated heterocycles. The Labute approximate surface area is 63.3 Å². The summed E-state index contributed by atoms with van der Waals surface area (Å²) in [6.07, 6.45) is -1.48. The summed E-state index contributed by atoms with van der Waals surface area (Å²) >= 11 is 0. The van der Waals surface area contributed by atoms with Gasteiger partial charge in [0.2, 0.25) is 0 Å². The molecule has 0 rings (SSSR count). The van der Waals surface area contributed by atoms with Gasteiger partial charge in [0.15, 0.2) is 5.88 Å². The van der Waals surface area contributed by atoms with Gasteiger partial charge in [-0.05, 0) is 0 Å². The summed E-state index contributed by atoms with van der Waals surface area (Å²) in [6, 6.07) is 0. The predicted octanol–water partition coefficient (Wildman–Crippen LogP) is -1.05. The maximum Gasteiger partial charge on any atom is 0.422 e. The normalized spacial score (nSPS) is 11.1. The van der Waals surface area contributed by atoms with Crippen molar-refractivity contribution in [2.75, 3.05) is 12.9 Å². The van der Waals surface area contributed by atoms with Crippen LogP contribution in [0, 0.1) is 0 Å². The van der Waals surface area contributed by atoms with E-state index in [9.17, 15) is 13.2 Å². The van der Waals surface area contributed by atoms with E-state index in [0.717, 1.165) is 0 Å². The number of hydrogen-bond donors (Lipinski definition) is 3. The molecule has 0 aliphatic rings. The number of carboxylic acid groups (broad SMARTS) is 1. The van der Waals surface area contributed by atoms with Gasteiger partial charge in [-0.1, -0.05) is 0 Å². The fourth-order valence-electron chi connectivity index (χ4n) is 0.379. The van der Waals surface area contributed by atoms with Crippen LogP contribution in [0.25, 0.3) is 0 Å². The van der Waals surface area contributed by atoms with Crippen LogP contribution < -0.4 is 5.43 Å². The second-order valence-corrected chi connectivity index (χ2v) is 3.07. The lowest BCUT2D eigenvalue weighted by atomic mass is 11.0. The van der Waals surface area contributed by atoms with Gasteiger partial charge in [0.25, 0.3) is 10.1 Å². The zero-order chi connectivity index (χ0) is 9.07. The topological polar surface area (TPSA) is 107 Å². The first-order valence-corrected chi connectivity index (χ1v) is 4.10. The fraction of sp³-hybridized carbons (Fsp3) is 0.667. The first-order chi connectivity index (χ1) is 4.87. The van der Waals surface area contributed by atoms with Crippen LogP contribution in [0.5, 0.6) is 0 Å². The largest absolute Gasteiger partial charge is 0.464 e. The molecule has 0 aliphatic carbocycles. The molecular formula is C3H8N2O5S. The van der Waals surface area contributed by atoms with Crippen molar-refractivity contribution in [3.8, 4) is 0 Å². The molecule has 0 aliphatic heterocycles. The smallest absolute Gasteiger partial charge is 0.422 e. The minimum absolute atomic E-state index is 0.329. The zero-order valence-electron chi connectivity index (χ0n) is 5.68. The van der Waals surface area contributed by atoms with E-state index in [-0.39, 0.29) is 0 Å². The van der Waals surface area contributed by atoms with Crippen molar-refractivity contribution in [1.82, 2.24) is 10.4 Å². The second-order valence-electron chi connectivity index (χ2n) is 1.65. The number of nitrogens with zero attached hydrogens (tertiary/aromatic N) is 1. The molecule has 0 radical (unpaired) electrons. The third-order valence-corrected chi connectivity index (χ3v) is 1.38. The third-order valence-electron chi connectivity index (χ3n) is 0.793. The van der Waals surface area contributed by atoms with Crippen molar-refractivity contribution in [3.63, 3.8) is 0 Å². The average molecular weight is 184 g/mol. The molecule has 0 spiro atoms. The Kier molecular flexibility index (Phi) is 3.23. The quantitative estimate of drug-likeness (QED) is 0.381. The molecule has 8 heteroatoms. The Bertz CT molecular complexity index is 234. The predicted molar refractivity (Wildman–Crippen MR) is 35.3 cm³/mol. The molecule has 1 amide bonds. The lowest BCUT2D eigenvalue weighted by Crippen LogP contribution is -2.42. The van der Waals surface area contributed by atoms with E-state index in [4.69, 9.17) is 9.66 Å². The molecule has 0 aromatic heterocycles. The summed E-state index contributed by atoms with van der Waals surface area (Å²) in [5.74, 6) is -0.987. The molecule has 0 aromatic carbocycles. The molecule has 0 atom stereocenters. The maximum absolute atomic E-state index is 10.1. The number of hydrogen-bond acceptors (Lipinski definition) is 4. The molecular weight excluding hydrogens is 176 g/mol. The number of nitrogens with one attached hydrogen (secondary N) is 1. The summed E-state index contributed by atoms with van der Waals surface area (Å²) in [5, 5.41) is 8.55. The molecule has 66 valence electrons. The summed E-state index contributed by atoms with van der Waals surface area (Å²) in [7, 11) is -3.08. The Balaban J connectivity index is 4.22. The third kappa shape index (κ3) is 4.53. The highest BCUT2D eigenvalue weighted by Gasteiger charge is 2.16. The maximum atomic E-state index is 10.1. The lowest BCUT2D eigenvalue weighted by Gasteiger charge is -2.14. The second kappa shape index (κ2) is 3.51. The monoisotopic (exact) mass is 184 g/mol. The van der Waals surface area contributed by atoms with Gasteiger partial charge in [-0.3, -0.25) is 4.55 Å². The molecule has 11 heavy (non-hydrogen) atoms. The van der Waals surface area contributed by atoms with Gasteiger partial charge in [-0.15, -0.1) is 0 Å². The number of rotatable bonds is 3. The first-order valence-electron chi connectivity index (χ1n) is 2.50. The van der Waals surface area contributed by atoms with Crippen molar-refractivity contribution < 1.29 is 22.9 Å². The van der Waals surface area contributed by atoms with Gasteiger partial charge in [0.05, 0.1) is 0 Å². The van der Waals surface area contributed by atoms with E-state index >= 15 is 0 Å². The Hall–Kier alpha value is -0.860. The van der Waals surface area contributed by atoms with Crippen LogP contribution >= 0.6 is 0 Å². The van der Waals surface area contributed by atoms with Crippen molar-refractivity contribution in [3.05, 3.63) is 0 Å². The summed E-state index contributed by atoms with van der Waals surface area (Å²) < 4.78 is 28.4. The van der Waals surface area contributed by atoms with E-state index in [1.807, 2.05) is 0 Å². The van der Waals surface area contributed by atoms with E-state index in [0.29, 0.717) is 5.01 Å². The van der Waals surface area contributed by atoms with Crippen LogP contribution in [0.1, 0.15) is 0 Å². The van der Waals surface area contributed by atoms with Gasteiger partial charge in [-0.2, -0.15) is 8.42 Å². The van der Waals surface area contributed by atoms with Crippen molar-refractivity contribution in [2.45, 2.75) is 0 Å². The van der Waals surface area contributed by atoms with Crippen LogP contribution in [0.3, 0.4) is 0 Å². The number of amides is 1. The Morgan fingerprint density at radius 2 is 2.09 bits per heavy atom. The zero-order valence-corrected chi connectivity index (χ0v) is 6.50. The number of carbonyl (C=O) groups is 1. The molecule has 0 unspecified atom stereocenters. The highest BCUT2D eigenvalue weighted by atomic mass is 32.2. The van der Waals surface area contributed by atoms with Crippen LogP contribution in [0.15, 0.2) is 0 Å². The van der Waals surface area contributed by atoms with Gasteiger partial charge < -0.3 is 5.11 Å². The molecule has 0 bridgehead atoms. The molecule has 0 fully saturated rings. The molecule has 0 aromatic rings. The van der Waals surface area contributed by atoms with Crippen molar-refractivity contribution in [1.29, 1.82) is 0 Å². The Morgan fingerprint density at radius 3 is 2.18 bits per heavy atom. The van der Waals surface area contributed by atoms with Gasteiger partial charge in [0, 0.05) is 7.05 Å². The molecule has 3 N–H and O–H groups in total. The van der Waals surface area contributed by atoms with Crippen LogP contribution in [0.4, 0.5) is 4.79 Å². The minimum Gasteiger partial charge on any atom is -0.464 e. The van der Waals surface area contributed by atoms with Crippen LogP contribution in [0.2, 0.25) is 0 Å². The summed E-state index contributed by atoms with van der Waals surface area (Å²) in [5.41, 5.74) is 2.05. The van der Waals surface area contributed by atoms with Gasteiger partial charge in [0.1, 0.15) is 0 Å². The van der Waals surface area contributed by atoms with Crippen molar-refractivity contribution >= 4 is 16.2 Å². The summed E-state index contributed by atoms with van der Waals surface area (Å²) in [6.45, 7) is 0. The van der Waals surface area contributed by atoms with Crippen molar-refractivity contribution in [2.24, 2.45) is 0 Å². The fourth-order valence-corrected chi connectivity index (χ4v) is 0.944. The van der Waals surface area contributed by atoms with Crippen LogP contribution in [-0.2, 0) is 10.1 Å². The van der Waals surface area contributed by atoms with E-state index in [1.54, 1.807) is 0 Å². The van der Waals surface area contributed by atoms with E-state index in [1.165, 1.54) is 7.05 Å². The lowest BCUT2D eigenvalue weighted by molar-refractivity contribution is 0.135. The number of hydrazine groups is 1. The first kappa shape index (κ1) is 10.1. The summed E-state index contributed by atoms with van der Waals surface area (Å²) in [4.78, 5) is 10.1. The van der Waals surface area contributed by atoms with E-state index in [2.05, 4.69) is 5.43 Å². The SMILES string of the molecule is CNN(CS(=O)(=O)O)C(=O)O. The molecule has 0 heterocycles. The highest BCUT2D eigenvalue weighted by Crippen LogP contribution is 1.88. The molecule has 0 saturated carbocycles. The average Bonchev–Trinajstić information content (AvgIpc) is 1.80. The highest BCUT2D eigenvalue weighted by molar-refractivity contribution is 7.85. The Morgan fingerprint density at radius 1 is 1.64 bits per heavy atom. The van der Waals surface area contributed by atoms with Gasteiger partial charge >= 0.3 is 6.09 Å². The van der Waals surface area contributed by atoms with Gasteiger partial charge in [-0.25, -0.2) is 15.2 Å². The molecule has 7 nitrogen and oxygen atoms in total. The standard InChI is InChI=1S/C3H8N2O5S/c1-4-5(3(6)7)2-11(8,9)10/h4H,2H2,1H3,(H,6,7)(H,8,9,10). The minimum atomic E-state index is -4.30. The van der Waals surface area contributed by atoms with Crippen LogP contribution in [-0.4, -0.2) is 42.1 Å². The van der Waals surface area contributed by atoms with E-state index < -0.39 is 22.1 Å².